The normalized spacial score (nSPS) is 15.7. The Balaban J connectivity index is 1.50. The third kappa shape index (κ3) is 2.16. The summed E-state index contributed by atoms with van der Waals surface area (Å²) in [4.78, 5) is 14.4. The first-order chi connectivity index (χ1) is 11.9. The SMILES string of the molecule is c1ccc(C2(CNc3ncnc4c3sc3ncccc34)CC2)cc1. The van der Waals surface area contributed by atoms with Crippen LogP contribution in [-0.4, -0.2) is 21.5 Å². The predicted molar refractivity (Wildman–Crippen MR) is 98.6 cm³/mol. The van der Waals surface area contributed by atoms with E-state index >= 15 is 0 Å². The molecule has 1 N–H and O–H groups in total. The van der Waals surface area contributed by atoms with Crippen LogP contribution in [-0.2, 0) is 5.41 Å². The highest BCUT2D eigenvalue weighted by Crippen LogP contribution is 2.48. The average Bonchev–Trinajstić information content (AvgIpc) is 3.34. The van der Waals surface area contributed by atoms with Crippen molar-refractivity contribution in [1.29, 1.82) is 0 Å². The molecule has 0 unspecified atom stereocenters. The molecule has 0 spiro atoms. The quantitative estimate of drug-likeness (QED) is 0.602. The molecule has 5 heteroatoms. The number of nitrogens with zero attached hydrogens (tertiary/aromatic N) is 3. The smallest absolute Gasteiger partial charge is 0.147 e. The van der Waals surface area contributed by atoms with Crippen molar-refractivity contribution in [2.24, 2.45) is 0 Å². The van der Waals surface area contributed by atoms with Gasteiger partial charge in [0.05, 0.1) is 10.2 Å². The van der Waals surface area contributed by atoms with Crippen LogP contribution in [0.2, 0.25) is 0 Å². The van der Waals surface area contributed by atoms with Crippen LogP contribution >= 0.6 is 11.3 Å². The van der Waals surface area contributed by atoms with Crippen LogP contribution < -0.4 is 5.32 Å². The minimum atomic E-state index is 0.257. The molecule has 3 aromatic heterocycles. The molecule has 1 aliphatic carbocycles. The van der Waals surface area contributed by atoms with E-state index in [4.69, 9.17) is 0 Å². The van der Waals surface area contributed by atoms with Crippen molar-refractivity contribution in [1.82, 2.24) is 15.0 Å². The van der Waals surface area contributed by atoms with Gasteiger partial charge in [0.15, 0.2) is 0 Å². The average molecular weight is 332 g/mol. The highest BCUT2D eigenvalue weighted by atomic mass is 32.1. The van der Waals surface area contributed by atoms with E-state index in [0.29, 0.717) is 0 Å². The van der Waals surface area contributed by atoms with Crippen molar-refractivity contribution in [2.75, 3.05) is 11.9 Å². The summed E-state index contributed by atoms with van der Waals surface area (Å²) >= 11 is 1.66. The standard InChI is InChI=1S/C19H16N4S/c1-2-5-13(6-3-1)19(8-9-19)11-21-17-16-15(22-12-23-17)14-7-4-10-20-18(14)24-16/h1-7,10,12H,8-9,11H2,(H,21,22,23). The first-order valence-corrected chi connectivity index (χ1v) is 8.95. The lowest BCUT2D eigenvalue weighted by molar-refractivity contribution is 0.731. The Morgan fingerprint density at radius 3 is 2.71 bits per heavy atom. The summed E-state index contributed by atoms with van der Waals surface area (Å²) in [5, 5.41) is 4.69. The van der Waals surface area contributed by atoms with Gasteiger partial charge in [-0.05, 0) is 30.5 Å². The van der Waals surface area contributed by atoms with E-state index in [2.05, 4.69) is 56.7 Å². The molecule has 0 radical (unpaired) electrons. The summed E-state index contributed by atoms with van der Waals surface area (Å²) in [6.45, 7) is 0.908. The predicted octanol–water partition coefficient (Wildman–Crippen LogP) is 4.38. The summed E-state index contributed by atoms with van der Waals surface area (Å²) in [7, 11) is 0. The van der Waals surface area contributed by atoms with E-state index in [1.54, 1.807) is 17.7 Å². The second kappa shape index (κ2) is 5.24. The Morgan fingerprint density at radius 1 is 1.00 bits per heavy atom. The largest absolute Gasteiger partial charge is 0.368 e. The van der Waals surface area contributed by atoms with Gasteiger partial charge < -0.3 is 5.32 Å². The molecule has 0 atom stereocenters. The Labute approximate surface area is 143 Å². The maximum atomic E-state index is 4.49. The number of aromatic nitrogens is 3. The van der Waals surface area contributed by atoms with Crippen LogP contribution in [0.1, 0.15) is 18.4 Å². The second-order valence-corrected chi connectivity index (χ2v) is 7.36. The lowest BCUT2D eigenvalue weighted by atomic mass is 9.96. The molecule has 0 amide bonds. The fraction of sp³-hybridized carbons (Fsp3) is 0.211. The maximum absolute atomic E-state index is 4.49. The number of hydrogen-bond donors (Lipinski definition) is 1. The molecule has 1 aliphatic rings. The van der Waals surface area contributed by atoms with E-state index in [-0.39, 0.29) is 5.41 Å². The maximum Gasteiger partial charge on any atom is 0.147 e. The molecule has 4 nitrogen and oxygen atoms in total. The van der Waals surface area contributed by atoms with E-state index in [0.717, 1.165) is 32.8 Å². The van der Waals surface area contributed by atoms with E-state index in [1.807, 2.05) is 12.3 Å². The number of pyridine rings is 1. The van der Waals surface area contributed by atoms with Crippen LogP contribution in [0.3, 0.4) is 0 Å². The monoisotopic (exact) mass is 332 g/mol. The van der Waals surface area contributed by atoms with Crippen molar-refractivity contribution in [3.8, 4) is 0 Å². The van der Waals surface area contributed by atoms with Gasteiger partial charge in [-0.2, -0.15) is 0 Å². The number of hydrogen-bond acceptors (Lipinski definition) is 5. The summed E-state index contributed by atoms with van der Waals surface area (Å²) in [6, 6.07) is 14.8. The summed E-state index contributed by atoms with van der Waals surface area (Å²) in [5.41, 5.74) is 2.67. The van der Waals surface area contributed by atoms with Gasteiger partial charge >= 0.3 is 0 Å². The number of thiophene rings is 1. The molecule has 5 rings (SSSR count). The molecule has 0 bridgehead atoms. The lowest BCUT2D eigenvalue weighted by Gasteiger charge is -2.17. The first-order valence-electron chi connectivity index (χ1n) is 8.13. The number of fused-ring (bicyclic) bond motifs is 3. The summed E-state index contributed by atoms with van der Waals surface area (Å²) in [6.07, 6.45) is 5.93. The van der Waals surface area contributed by atoms with Gasteiger partial charge in [0.2, 0.25) is 0 Å². The minimum Gasteiger partial charge on any atom is -0.368 e. The highest BCUT2D eigenvalue weighted by Gasteiger charge is 2.43. The van der Waals surface area contributed by atoms with Gasteiger partial charge in [-0.15, -0.1) is 11.3 Å². The van der Waals surface area contributed by atoms with Crippen molar-refractivity contribution < 1.29 is 0 Å². The van der Waals surface area contributed by atoms with Gasteiger partial charge in [0.25, 0.3) is 0 Å². The zero-order chi connectivity index (χ0) is 16.0. The van der Waals surface area contributed by atoms with Crippen LogP contribution in [0.25, 0.3) is 20.4 Å². The van der Waals surface area contributed by atoms with Gasteiger partial charge in [-0.3, -0.25) is 0 Å². The zero-order valence-electron chi connectivity index (χ0n) is 13.1. The van der Waals surface area contributed by atoms with Crippen LogP contribution in [0.5, 0.6) is 0 Å². The van der Waals surface area contributed by atoms with Crippen LogP contribution in [0, 0.1) is 0 Å². The Hall–Kier alpha value is -2.53. The molecule has 4 aromatic rings. The number of rotatable bonds is 4. The zero-order valence-corrected chi connectivity index (χ0v) is 13.9. The van der Waals surface area contributed by atoms with Crippen molar-refractivity contribution in [2.45, 2.75) is 18.3 Å². The van der Waals surface area contributed by atoms with Crippen molar-refractivity contribution in [3.63, 3.8) is 0 Å². The number of anilines is 1. The number of nitrogens with one attached hydrogen (secondary N) is 1. The molecule has 1 aromatic carbocycles. The number of benzene rings is 1. The topological polar surface area (TPSA) is 50.7 Å². The molecule has 0 saturated heterocycles. The third-order valence-electron chi connectivity index (χ3n) is 4.86. The van der Waals surface area contributed by atoms with Gasteiger partial charge in [0.1, 0.15) is 17.0 Å². The minimum absolute atomic E-state index is 0.257. The molecular weight excluding hydrogens is 316 g/mol. The molecule has 118 valence electrons. The first kappa shape index (κ1) is 13.9. The van der Waals surface area contributed by atoms with E-state index in [9.17, 15) is 0 Å². The highest BCUT2D eigenvalue weighted by molar-refractivity contribution is 7.25. The fourth-order valence-corrected chi connectivity index (χ4v) is 4.36. The molecule has 0 aliphatic heterocycles. The molecule has 3 heterocycles. The van der Waals surface area contributed by atoms with Gasteiger partial charge in [-0.1, -0.05) is 30.3 Å². The van der Waals surface area contributed by atoms with Crippen LogP contribution in [0.15, 0.2) is 55.0 Å². The Bertz CT molecular complexity index is 1020. The lowest BCUT2D eigenvalue weighted by Crippen LogP contribution is -2.20. The van der Waals surface area contributed by atoms with Crippen molar-refractivity contribution >= 4 is 37.6 Å². The van der Waals surface area contributed by atoms with E-state index in [1.165, 1.54) is 18.4 Å². The summed E-state index contributed by atoms with van der Waals surface area (Å²) < 4.78 is 1.09. The molecule has 1 fully saturated rings. The second-order valence-electron chi connectivity index (χ2n) is 6.36. The molecular formula is C19H16N4S. The van der Waals surface area contributed by atoms with Gasteiger partial charge in [-0.25, -0.2) is 15.0 Å². The molecule has 1 saturated carbocycles. The Morgan fingerprint density at radius 2 is 1.88 bits per heavy atom. The van der Waals surface area contributed by atoms with Crippen LogP contribution in [0.4, 0.5) is 5.82 Å². The Kier molecular flexibility index (Phi) is 3.03. The third-order valence-corrected chi connectivity index (χ3v) is 5.97. The van der Waals surface area contributed by atoms with E-state index < -0.39 is 0 Å². The van der Waals surface area contributed by atoms with Gasteiger partial charge in [0, 0.05) is 23.5 Å². The summed E-state index contributed by atoms with van der Waals surface area (Å²) in [5.74, 6) is 0.921. The molecule has 24 heavy (non-hydrogen) atoms. The fourth-order valence-electron chi connectivity index (χ4n) is 3.30. The van der Waals surface area contributed by atoms with Crippen molar-refractivity contribution in [3.05, 3.63) is 60.6 Å².